The lowest BCUT2D eigenvalue weighted by Gasteiger charge is -2.32. The molecule has 0 spiro atoms. The van der Waals surface area contributed by atoms with Crippen LogP contribution in [0.3, 0.4) is 0 Å². The predicted octanol–water partition coefficient (Wildman–Crippen LogP) is 2.61. The molecule has 1 aliphatic rings. The third-order valence-electron chi connectivity index (χ3n) is 3.07. The van der Waals surface area contributed by atoms with Crippen LogP contribution >= 0.6 is 0 Å². The minimum absolute atomic E-state index is 0.283. The molecule has 0 unspecified atom stereocenters. The Morgan fingerprint density at radius 3 is 1.88 bits per heavy atom. The van der Waals surface area contributed by atoms with Gasteiger partial charge in [0.15, 0.2) is 0 Å². The summed E-state index contributed by atoms with van der Waals surface area (Å²) in [7, 11) is -0.307. The Morgan fingerprint density at radius 2 is 1.50 bits per heavy atom. The molecule has 1 aromatic heterocycles. The van der Waals surface area contributed by atoms with Crippen LogP contribution in [0, 0.1) is 0 Å². The molecule has 0 radical (unpaired) electrons. The van der Waals surface area contributed by atoms with Crippen molar-refractivity contribution in [3.05, 3.63) is 18.6 Å². The van der Waals surface area contributed by atoms with Gasteiger partial charge in [0.25, 0.3) is 0 Å². The molecule has 0 saturated carbocycles. The van der Waals surface area contributed by atoms with E-state index in [0.29, 0.717) is 0 Å². The normalized spacial score (nSPS) is 21.5. The summed E-state index contributed by atoms with van der Waals surface area (Å²) in [5.74, 6) is 0. The summed E-state index contributed by atoms with van der Waals surface area (Å²) in [6.45, 7) is 12.1. The van der Waals surface area contributed by atoms with Gasteiger partial charge in [0, 0.05) is 5.46 Å². The number of hydrogen-bond donors (Lipinski definition) is 0. The summed E-state index contributed by atoms with van der Waals surface area (Å²) in [5, 5.41) is 0. The van der Waals surface area contributed by atoms with Crippen molar-refractivity contribution < 1.29 is 13.7 Å². The second kappa shape index (κ2) is 4.64. The van der Waals surface area contributed by atoms with Crippen LogP contribution in [0.15, 0.2) is 23.0 Å². The Hall–Kier alpha value is -0.735. The highest BCUT2D eigenvalue weighted by atomic mass is 16.7. The standard InChI is InChI=1S/C10H15BO3.C2H6/c1-9(2)10(3,4)14-11(13-9)8-5-6-12-7-8;1-2/h5-7H,1-4H3;1-2H3. The van der Waals surface area contributed by atoms with Crippen LogP contribution < -0.4 is 5.46 Å². The van der Waals surface area contributed by atoms with Crippen molar-refractivity contribution in [3.63, 3.8) is 0 Å². The lowest BCUT2D eigenvalue weighted by Crippen LogP contribution is -2.41. The Kier molecular flexibility index (Phi) is 3.86. The summed E-state index contributed by atoms with van der Waals surface area (Å²) in [5.41, 5.74) is 0.368. The molecule has 4 heteroatoms. The van der Waals surface area contributed by atoms with Crippen LogP contribution in [-0.2, 0) is 9.31 Å². The van der Waals surface area contributed by atoms with E-state index >= 15 is 0 Å². The van der Waals surface area contributed by atoms with E-state index in [-0.39, 0.29) is 18.3 Å². The highest BCUT2D eigenvalue weighted by molar-refractivity contribution is 6.62. The fraction of sp³-hybridized carbons (Fsp3) is 0.667. The van der Waals surface area contributed by atoms with Gasteiger partial charge in [-0.25, -0.2) is 0 Å². The van der Waals surface area contributed by atoms with Crippen molar-refractivity contribution in [2.45, 2.75) is 52.7 Å². The van der Waals surface area contributed by atoms with Crippen molar-refractivity contribution in [1.29, 1.82) is 0 Å². The zero-order chi connectivity index (χ0) is 12.4. The number of rotatable bonds is 1. The van der Waals surface area contributed by atoms with Gasteiger partial charge in [0.05, 0.1) is 23.7 Å². The fourth-order valence-electron chi connectivity index (χ4n) is 1.39. The third-order valence-corrected chi connectivity index (χ3v) is 3.07. The van der Waals surface area contributed by atoms with Crippen LogP contribution in [0.25, 0.3) is 0 Å². The van der Waals surface area contributed by atoms with Gasteiger partial charge in [0.1, 0.15) is 0 Å². The molecule has 90 valence electrons. The van der Waals surface area contributed by atoms with Crippen molar-refractivity contribution in [2.75, 3.05) is 0 Å². The maximum atomic E-state index is 5.83. The average molecular weight is 224 g/mol. The monoisotopic (exact) mass is 224 g/mol. The Morgan fingerprint density at radius 1 is 1.00 bits per heavy atom. The Bertz CT molecular complexity index is 301. The molecular formula is C12H21BO3. The lowest BCUT2D eigenvalue weighted by atomic mass is 9.81. The molecular weight excluding hydrogens is 203 g/mol. The fourth-order valence-corrected chi connectivity index (χ4v) is 1.39. The highest BCUT2D eigenvalue weighted by Gasteiger charge is 2.51. The van der Waals surface area contributed by atoms with Crippen LogP contribution in [0.5, 0.6) is 0 Å². The molecule has 0 amide bonds. The molecule has 3 nitrogen and oxygen atoms in total. The molecule has 16 heavy (non-hydrogen) atoms. The first kappa shape index (κ1) is 13.3. The summed E-state index contributed by atoms with van der Waals surface area (Å²) in [6, 6.07) is 1.86. The molecule has 1 aliphatic heterocycles. The Labute approximate surface area is 98.3 Å². The molecule has 0 aromatic carbocycles. The van der Waals surface area contributed by atoms with Gasteiger partial charge in [-0.1, -0.05) is 13.8 Å². The summed E-state index contributed by atoms with van der Waals surface area (Å²) >= 11 is 0. The SMILES string of the molecule is CC.CC1(C)OB(c2ccoc2)OC1(C)C. The minimum atomic E-state index is -0.307. The first-order valence-corrected chi connectivity index (χ1v) is 5.80. The van der Waals surface area contributed by atoms with E-state index in [9.17, 15) is 0 Å². The number of hydrogen-bond acceptors (Lipinski definition) is 3. The van der Waals surface area contributed by atoms with E-state index < -0.39 is 0 Å². The molecule has 0 aliphatic carbocycles. The molecule has 2 heterocycles. The maximum Gasteiger partial charge on any atom is 0.498 e. The second-order valence-electron chi connectivity index (χ2n) is 4.64. The molecule has 0 atom stereocenters. The van der Waals surface area contributed by atoms with Crippen molar-refractivity contribution in [3.8, 4) is 0 Å². The molecule has 1 fully saturated rings. The smallest absolute Gasteiger partial charge is 0.473 e. The van der Waals surface area contributed by atoms with Gasteiger partial charge in [-0.2, -0.15) is 0 Å². The summed E-state index contributed by atoms with van der Waals surface area (Å²) in [4.78, 5) is 0. The van der Waals surface area contributed by atoms with Gasteiger partial charge in [-0.05, 0) is 33.8 Å². The van der Waals surface area contributed by atoms with Gasteiger partial charge in [-0.15, -0.1) is 0 Å². The van der Waals surface area contributed by atoms with Gasteiger partial charge >= 0.3 is 7.12 Å². The topological polar surface area (TPSA) is 31.6 Å². The van der Waals surface area contributed by atoms with Crippen molar-refractivity contribution >= 4 is 12.6 Å². The largest absolute Gasteiger partial charge is 0.498 e. The zero-order valence-corrected chi connectivity index (χ0v) is 11.0. The van der Waals surface area contributed by atoms with Gasteiger partial charge in [-0.3, -0.25) is 0 Å². The Balaban J connectivity index is 0.000000606. The summed E-state index contributed by atoms with van der Waals surface area (Å²) < 4.78 is 16.7. The van der Waals surface area contributed by atoms with Crippen LogP contribution in [0.1, 0.15) is 41.5 Å². The van der Waals surface area contributed by atoms with Crippen molar-refractivity contribution in [2.24, 2.45) is 0 Å². The second-order valence-corrected chi connectivity index (χ2v) is 4.64. The van der Waals surface area contributed by atoms with E-state index in [2.05, 4.69) is 0 Å². The van der Waals surface area contributed by atoms with Crippen LogP contribution in [0.2, 0.25) is 0 Å². The highest BCUT2D eigenvalue weighted by Crippen LogP contribution is 2.36. The van der Waals surface area contributed by atoms with E-state index in [4.69, 9.17) is 13.7 Å². The molecule has 1 aromatic rings. The predicted molar refractivity (Wildman–Crippen MR) is 65.8 cm³/mol. The zero-order valence-electron chi connectivity index (χ0n) is 11.0. The van der Waals surface area contributed by atoms with Gasteiger partial charge < -0.3 is 13.7 Å². The van der Waals surface area contributed by atoms with E-state index in [1.807, 2.05) is 47.6 Å². The van der Waals surface area contributed by atoms with Crippen molar-refractivity contribution in [1.82, 2.24) is 0 Å². The van der Waals surface area contributed by atoms with E-state index in [0.717, 1.165) is 5.46 Å². The average Bonchev–Trinajstić information content (AvgIpc) is 2.77. The molecule has 1 saturated heterocycles. The molecule has 2 rings (SSSR count). The van der Waals surface area contributed by atoms with Gasteiger partial charge in [0.2, 0.25) is 0 Å². The lowest BCUT2D eigenvalue weighted by molar-refractivity contribution is 0.00578. The maximum absolute atomic E-state index is 5.83. The minimum Gasteiger partial charge on any atom is -0.473 e. The van der Waals surface area contributed by atoms with E-state index in [1.54, 1.807) is 12.5 Å². The first-order valence-electron chi connectivity index (χ1n) is 5.80. The summed E-state index contributed by atoms with van der Waals surface area (Å²) in [6.07, 6.45) is 3.28. The first-order chi connectivity index (χ1) is 7.42. The van der Waals surface area contributed by atoms with Crippen LogP contribution in [0.4, 0.5) is 0 Å². The number of furan rings is 1. The van der Waals surface area contributed by atoms with E-state index in [1.165, 1.54) is 0 Å². The van der Waals surface area contributed by atoms with Crippen LogP contribution in [-0.4, -0.2) is 18.3 Å². The third kappa shape index (κ3) is 2.33. The molecule has 0 N–H and O–H groups in total. The quantitative estimate of drug-likeness (QED) is 0.687. The molecule has 0 bridgehead atoms.